The number of rotatable bonds is 59. The Morgan fingerprint density at radius 3 is 1.29 bits per heavy atom. The Kier molecular flexibility index (Phi) is 45.5. The van der Waals surface area contributed by atoms with Crippen molar-refractivity contribution in [1.29, 1.82) is 5.41 Å². The van der Waals surface area contributed by atoms with Crippen LogP contribution in [-0.4, -0.2) is 304 Å². The van der Waals surface area contributed by atoms with E-state index in [0.717, 1.165) is 18.7 Å². The van der Waals surface area contributed by atoms with Crippen molar-refractivity contribution in [1.82, 2.24) is 120 Å². The molecule has 0 unspecified atom stereocenters. The van der Waals surface area contributed by atoms with Gasteiger partial charge in [-0.05, 0) is 124 Å². The van der Waals surface area contributed by atoms with Gasteiger partial charge in [-0.15, -0.1) is 0 Å². The lowest BCUT2D eigenvalue weighted by Gasteiger charge is -2.31. The second-order valence-electron chi connectivity index (χ2n) is 38.8. The van der Waals surface area contributed by atoms with E-state index in [1.165, 1.54) is 19.4 Å². The number of aliphatic hydroxyl groups excluding tert-OH is 2. The van der Waals surface area contributed by atoms with Crippen LogP contribution < -0.4 is 102 Å². The van der Waals surface area contributed by atoms with Gasteiger partial charge in [-0.25, -0.2) is 9.78 Å². The monoisotopic (exact) mass is 2080 g/mol. The average Bonchev–Trinajstić information content (AvgIpc) is 1.24. The zero-order valence-corrected chi connectivity index (χ0v) is 85.8. The number of fused-ring (bicyclic) bond motifs is 3. The van der Waals surface area contributed by atoms with Gasteiger partial charge in [-0.3, -0.25) is 91.7 Å². The fourth-order valence-electron chi connectivity index (χ4n) is 17.1. The topological polar surface area (TPSA) is 765 Å². The highest BCUT2D eigenvalue weighted by atomic mass is 16.4. The lowest BCUT2D eigenvalue weighted by atomic mass is 9.95. The van der Waals surface area contributed by atoms with Crippen LogP contribution in [0, 0.1) is 35.0 Å². The molecule has 812 valence electrons. The number of aromatic nitrogens is 5. The third-order valence-electron chi connectivity index (χ3n) is 25.7. The molecule has 30 N–H and O–H groups in total. The first-order chi connectivity index (χ1) is 70.6. The summed E-state index contributed by atoms with van der Waals surface area (Å²) in [6, 6.07) is -2.39. The number of carboxylic acid groups (broad SMARTS) is 2. The number of nitrogens with one attached hydrogen (secondary N) is 22. The molecule has 0 saturated carbocycles. The second-order valence-corrected chi connectivity index (χ2v) is 38.8. The van der Waals surface area contributed by atoms with Crippen molar-refractivity contribution in [2.75, 3.05) is 32.7 Å². The van der Waals surface area contributed by atoms with Gasteiger partial charge in [-0.1, -0.05) is 137 Å². The number of hydrogen-bond donors (Lipinski definition) is 28. The van der Waals surface area contributed by atoms with Gasteiger partial charge in [0.15, 0.2) is 5.96 Å². The van der Waals surface area contributed by atoms with Crippen LogP contribution in [0.15, 0.2) is 104 Å². The molecule has 0 aliphatic carbocycles. The van der Waals surface area contributed by atoms with E-state index >= 15 is 24.0 Å². The molecule has 0 bridgehead atoms. The van der Waals surface area contributed by atoms with Crippen molar-refractivity contribution in [2.24, 2.45) is 41.1 Å². The van der Waals surface area contributed by atoms with E-state index in [4.69, 9.17) is 16.9 Å². The van der Waals surface area contributed by atoms with Gasteiger partial charge in [0, 0.05) is 102 Å². The summed E-state index contributed by atoms with van der Waals surface area (Å²) < 4.78 is 0. The molecule has 4 aromatic heterocycles. The number of carbonyl (C=O) groups is 19. The van der Waals surface area contributed by atoms with Crippen LogP contribution in [0.2, 0.25) is 0 Å². The number of likely N-dealkylation sites (tertiary alicyclic amines) is 1. The SMILES string of the molecule is CC[C@H](C)[C@H](NC(=O)[C@H](Cc1c[nH]c2ccccc12)NC(=O)[C@@H](NC(=O)[C@H](CCCNC(=N)N)NC(=O)[C@@H](NC(=O)[C@H](CC(C)C)NC(=O)[C@H](C)NC(=O)[C@H](CC(=O)O)NC(=O)[C@H](Cc1c[nH]c2ccccc12)NC(=O)[C@H](Cc1c[nH]c2ccccc12)NC(=O)[C@@H]1CCCN1C(=O)[C@@H](NC(=O)CNC(=O)[C@H](Cc1cnc[nH]1)NC(=O)CN)[C@@H](C)O)[C@@H](C)O)[C@@H](C)CC)C(=O)N[C@@H](CC(C)C)C(=O)NCC(=O)N[C@H](C(=O)O)C(C)C. The third kappa shape index (κ3) is 35.4. The summed E-state index contributed by atoms with van der Waals surface area (Å²) in [6.45, 7) is 18.4. The minimum Gasteiger partial charge on any atom is -0.481 e. The third-order valence-corrected chi connectivity index (χ3v) is 25.7. The van der Waals surface area contributed by atoms with Gasteiger partial charge < -0.3 is 147 Å². The minimum absolute atomic E-state index is 0.000664. The Morgan fingerprint density at radius 1 is 0.436 bits per heavy atom. The van der Waals surface area contributed by atoms with E-state index in [0.29, 0.717) is 61.5 Å². The van der Waals surface area contributed by atoms with Crippen molar-refractivity contribution in [3.05, 3.63) is 126 Å². The number of para-hydroxylation sites is 3. The number of guanidine groups is 1. The lowest BCUT2D eigenvalue weighted by molar-refractivity contribution is -0.144. The number of carboxylic acids is 2. The van der Waals surface area contributed by atoms with Crippen molar-refractivity contribution in [2.45, 2.75) is 276 Å². The maximum absolute atomic E-state index is 15.4. The quantitative estimate of drug-likeness (QED) is 0.0107. The molecule has 7 aromatic rings. The average molecular weight is 2080 g/mol. The fraction of sp³-hybridized carbons (Fsp3) is 0.530. The maximum atomic E-state index is 15.4. The van der Waals surface area contributed by atoms with Gasteiger partial charge in [0.05, 0.1) is 44.6 Å². The number of carbonyl (C=O) groups excluding carboxylic acids is 17. The summed E-state index contributed by atoms with van der Waals surface area (Å²) in [6.07, 6.45) is 2.49. The van der Waals surface area contributed by atoms with Crippen LogP contribution in [0.1, 0.15) is 170 Å². The molecule has 3 aromatic carbocycles. The van der Waals surface area contributed by atoms with Crippen molar-refractivity contribution < 1.29 is 112 Å². The number of imidazole rings is 1. The molecule has 1 aliphatic rings. The Labute approximate surface area is 860 Å². The highest BCUT2D eigenvalue weighted by Crippen LogP contribution is 2.27. The largest absolute Gasteiger partial charge is 0.481 e. The van der Waals surface area contributed by atoms with E-state index in [9.17, 15) is 87.5 Å². The van der Waals surface area contributed by atoms with Gasteiger partial charge in [0.1, 0.15) is 90.6 Å². The zero-order valence-electron chi connectivity index (χ0n) is 85.8. The lowest BCUT2D eigenvalue weighted by Crippen LogP contribution is -2.63. The summed E-state index contributed by atoms with van der Waals surface area (Å²) in [5.74, 6) is -22.0. The molecule has 1 aliphatic heterocycles. The number of nitrogens with two attached hydrogens (primary N) is 2. The number of aliphatic hydroxyl groups is 2. The molecular weight excluding hydrogens is 1930 g/mol. The van der Waals surface area contributed by atoms with Gasteiger partial charge in [-0.2, -0.15) is 0 Å². The van der Waals surface area contributed by atoms with Crippen LogP contribution in [-0.2, 0) is 117 Å². The second kappa shape index (κ2) is 57.0. The van der Waals surface area contributed by atoms with Crippen LogP contribution >= 0.6 is 0 Å². The van der Waals surface area contributed by atoms with Crippen molar-refractivity contribution in [3.8, 4) is 0 Å². The Bertz CT molecular complexity index is 5860. The van der Waals surface area contributed by atoms with Gasteiger partial charge >= 0.3 is 11.9 Å². The summed E-state index contributed by atoms with van der Waals surface area (Å²) in [4.78, 5) is 287. The summed E-state index contributed by atoms with van der Waals surface area (Å²) in [5, 5.41) is 95.8. The van der Waals surface area contributed by atoms with E-state index in [-0.39, 0.29) is 89.6 Å². The molecular formula is C100H144N26O23. The number of benzene rings is 3. The van der Waals surface area contributed by atoms with Crippen molar-refractivity contribution in [3.63, 3.8) is 0 Å². The first kappa shape index (κ1) is 119. The number of nitrogens with zero attached hydrogens (tertiary/aromatic N) is 2. The Morgan fingerprint density at radius 2 is 0.839 bits per heavy atom. The highest BCUT2D eigenvalue weighted by Gasteiger charge is 2.44. The van der Waals surface area contributed by atoms with E-state index in [1.807, 2.05) is 0 Å². The summed E-state index contributed by atoms with van der Waals surface area (Å²) >= 11 is 0. The summed E-state index contributed by atoms with van der Waals surface area (Å²) in [7, 11) is 0. The molecule has 8 rings (SSSR count). The number of H-pyrrole nitrogens is 4. The molecule has 1 saturated heterocycles. The van der Waals surface area contributed by atoms with Gasteiger partial charge in [0.25, 0.3) is 0 Å². The Hall–Kier alpha value is -15.4. The van der Waals surface area contributed by atoms with Crippen LogP contribution in [0.5, 0.6) is 0 Å². The standard InChI is InChI=1S/C100H144N26O23/c1-14-52(9)81(96(145)120-72(38-59-44-108-66-29-21-18-26-63(59)66)93(142)124-82(53(10)15-2)95(144)119-68(34-49(3)4)86(135)109-46-77(130)121-80(51(7)8)99(148)149)123-88(137)67(30-22-32-105-100(102)103)114-97(146)83(55(12)127)125-92(141)69(35-50(5)6)115-85(134)54(11)112-89(138)74(40-79(132)133)117-90(139)70(36-57-42-106-64-27-19-16-24-61(57)64)116-91(140)71(37-58-43-107-65-28-20-17-25-62(58)65)118-94(143)75-31-23-33-126(75)98(147)84(56(13)128)122-78(131)47-110-87(136)73(113-76(129)41-101)39-60-45-104-48-111-60/h16-21,24-29,42-45,48-56,67-75,80-84,106-108,127-128H,14-15,22-23,30-41,46-47,101H2,1-13H3,(H,104,111)(H,109,135)(H,110,136)(H,112,138)(H,113,129)(H,114,146)(H,115,134)(H,116,140)(H,117,139)(H,118,143)(H,119,144)(H,120,145)(H,121,130)(H,122,131)(H,123,137)(H,124,142)(H,125,141)(H,132,133)(H,148,149)(H4,102,103,105)/t52-,53-,54-,55+,56+,67-,68-,69-,70-,71-,72-,73-,74-,75-,80-,81-,82-,83-,84-/m0/s1. The van der Waals surface area contributed by atoms with Gasteiger partial charge in [0.2, 0.25) is 100 Å². The van der Waals surface area contributed by atoms with E-state index in [1.54, 1.807) is 161 Å². The zero-order chi connectivity index (χ0) is 110. The first-order valence-electron chi connectivity index (χ1n) is 49.9. The minimum atomic E-state index is -2.04. The molecule has 19 atom stereocenters. The fourth-order valence-corrected chi connectivity index (χ4v) is 17.1. The van der Waals surface area contributed by atoms with Crippen molar-refractivity contribution >= 4 is 151 Å². The normalized spacial score (nSPS) is 16.1. The molecule has 49 heteroatoms. The number of aliphatic carboxylic acids is 2. The number of hydrogen-bond acceptors (Lipinski definition) is 24. The predicted octanol–water partition coefficient (Wildman–Crippen LogP) is -2.46. The molecule has 149 heavy (non-hydrogen) atoms. The molecule has 5 heterocycles. The number of aromatic amines is 4. The van der Waals surface area contributed by atoms with Crippen LogP contribution in [0.3, 0.4) is 0 Å². The molecule has 1 fully saturated rings. The number of amides is 17. The smallest absolute Gasteiger partial charge is 0.326 e. The highest BCUT2D eigenvalue weighted by molar-refractivity contribution is 6.03. The molecule has 0 radical (unpaired) electrons. The van der Waals surface area contributed by atoms with E-state index in [2.05, 4.69) is 115 Å². The predicted molar refractivity (Wildman–Crippen MR) is 546 cm³/mol. The maximum Gasteiger partial charge on any atom is 0.326 e. The van der Waals surface area contributed by atoms with E-state index < -0.39 is 271 Å². The van der Waals surface area contributed by atoms with Crippen LogP contribution in [0.25, 0.3) is 32.7 Å². The molecule has 17 amide bonds. The first-order valence-corrected chi connectivity index (χ1v) is 49.9. The molecule has 49 nitrogen and oxygen atoms in total. The molecule has 0 spiro atoms. The summed E-state index contributed by atoms with van der Waals surface area (Å²) in [5.41, 5.74) is 14.9. The van der Waals surface area contributed by atoms with Crippen LogP contribution in [0.4, 0.5) is 0 Å². The Balaban J connectivity index is 0.980.